The van der Waals surface area contributed by atoms with Gasteiger partial charge in [0.2, 0.25) is 0 Å². The first-order chi connectivity index (χ1) is 11.7. The van der Waals surface area contributed by atoms with E-state index in [0.717, 1.165) is 43.1 Å². The number of methoxy groups -OCH3 is 1. The second kappa shape index (κ2) is 7.95. The number of aromatic nitrogens is 1. The van der Waals surface area contributed by atoms with Gasteiger partial charge in [0.15, 0.2) is 0 Å². The third-order valence-electron chi connectivity index (χ3n) is 4.24. The van der Waals surface area contributed by atoms with Crippen LogP contribution in [-0.2, 0) is 17.7 Å². The van der Waals surface area contributed by atoms with Crippen LogP contribution in [0.15, 0.2) is 22.0 Å². The van der Waals surface area contributed by atoms with Crippen LogP contribution in [0.25, 0.3) is 0 Å². The molecule has 0 radical (unpaired) electrons. The molecule has 6 heteroatoms. The van der Waals surface area contributed by atoms with E-state index in [2.05, 4.69) is 28.0 Å². The van der Waals surface area contributed by atoms with E-state index in [4.69, 9.17) is 14.4 Å². The maximum Gasteiger partial charge on any atom is 0.137 e. The van der Waals surface area contributed by atoms with Crippen molar-refractivity contribution >= 4 is 11.3 Å². The number of aliphatic hydroxyl groups excluding tert-OH is 1. The lowest BCUT2D eigenvalue weighted by molar-refractivity contribution is 0.0762. The Bertz CT molecular complexity index is 728. The largest absolute Gasteiger partial charge is 0.384 e. The SMILES string of the molecule is CO[C@H]1CN(Cc2cc(C#CCO)cs2)C[C@H]1Cc1cc(C)no1. The van der Waals surface area contributed by atoms with Crippen molar-refractivity contribution in [3.8, 4) is 11.8 Å². The topological polar surface area (TPSA) is 58.7 Å². The molecule has 2 aromatic heterocycles. The number of aliphatic hydroxyl groups is 1. The Morgan fingerprint density at radius 1 is 1.46 bits per heavy atom. The minimum atomic E-state index is -0.102. The number of rotatable bonds is 5. The Morgan fingerprint density at radius 2 is 2.33 bits per heavy atom. The van der Waals surface area contributed by atoms with Gasteiger partial charge in [0.1, 0.15) is 12.4 Å². The number of thiophene rings is 1. The van der Waals surface area contributed by atoms with Crippen molar-refractivity contribution in [2.45, 2.75) is 26.0 Å². The summed E-state index contributed by atoms with van der Waals surface area (Å²) in [6, 6.07) is 4.10. The fraction of sp³-hybridized carbons (Fsp3) is 0.500. The predicted octanol–water partition coefficient (Wildman–Crippen LogP) is 2.08. The smallest absolute Gasteiger partial charge is 0.137 e. The van der Waals surface area contributed by atoms with Crippen LogP contribution in [-0.4, -0.2) is 48.1 Å². The number of nitrogens with zero attached hydrogens (tertiary/aromatic N) is 2. The maximum absolute atomic E-state index is 8.77. The second-order valence-electron chi connectivity index (χ2n) is 6.13. The van der Waals surface area contributed by atoms with E-state index in [9.17, 15) is 0 Å². The first-order valence-corrected chi connectivity index (χ1v) is 8.90. The molecule has 2 atom stereocenters. The molecule has 1 fully saturated rings. The van der Waals surface area contributed by atoms with Crippen molar-refractivity contribution in [1.29, 1.82) is 0 Å². The molecule has 24 heavy (non-hydrogen) atoms. The highest BCUT2D eigenvalue weighted by Crippen LogP contribution is 2.26. The zero-order valence-corrected chi connectivity index (χ0v) is 14.8. The van der Waals surface area contributed by atoms with Crippen molar-refractivity contribution in [2.24, 2.45) is 5.92 Å². The van der Waals surface area contributed by atoms with Gasteiger partial charge in [-0.25, -0.2) is 0 Å². The average molecular weight is 346 g/mol. The highest BCUT2D eigenvalue weighted by Gasteiger charge is 2.33. The Labute approximate surface area is 146 Å². The summed E-state index contributed by atoms with van der Waals surface area (Å²) in [5.41, 5.74) is 1.89. The lowest BCUT2D eigenvalue weighted by Gasteiger charge is -2.14. The van der Waals surface area contributed by atoms with Gasteiger partial charge in [0.25, 0.3) is 0 Å². The second-order valence-corrected chi connectivity index (χ2v) is 7.12. The number of likely N-dealkylation sites (tertiary alicyclic amines) is 1. The number of hydrogen-bond donors (Lipinski definition) is 1. The van der Waals surface area contributed by atoms with Crippen LogP contribution >= 0.6 is 11.3 Å². The summed E-state index contributed by atoms with van der Waals surface area (Å²) in [7, 11) is 1.78. The van der Waals surface area contributed by atoms with Gasteiger partial charge in [-0.05, 0) is 13.0 Å². The lowest BCUT2D eigenvalue weighted by atomic mass is 10.0. The van der Waals surface area contributed by atoms with Crippen LogP contribution in [0.2, 0.25) is 0 Å². The van der Waals surface area contributed by atoms with Crippen molar-refractivity contribution in [1.82, 2.24) is 10.1 Å². The molecule has 1 aliphatic rings. The van der Waals surface area contributed by atoms with E-state index in [1.54, 1.807) is 18.4 Å². The summed E-state index contributed by atoms with van der Waals surface area (Å²) in [5.74, 6) is 6.98. The summed E-state index contributed by atoms with van der Waals surface area (Å²) in [6.07, 6.45) is 1.07. The van der Waals surface area contributed by atoms with Crippen LogP contribution in [0.4, 0.5) is 0 Å². The molecule has 3 heterocycles. The highest BCUT2D eigenvalue weighted by atomic mass is 32.1. The van der Waals surface area contributed by atoms with E-state index in [1.807, 2.05) is 18.4 Å². The van der Waals surface area contributed by atoms with E-state index in [0.29, 0.717) is 5.92 Å². The third kappa shape index (κ3) is 4.25. The minimum absolute atomic E-state index is 0.102. The summed E-state index contributed by atoms with van der Waals surface area (Å²) < 4.78 is 11.0. The van der Waals surface area contributed by atoms with E-state index in [1.165, 1.54) is 4.88 Å². The third-order valence-corrected chi connectivity index (χ3v) is 5.17. The zero-order chi connectivity index (χ0) is 16.9. The molecule has 5 nitrogen and oxygen atoms in total. The molecule has 0 aliphatic carbocycles. The normalized spacial score (nSPS) is 21.0. The van der Waals surface area contributed by atoms with Crippen LogP contribution in [0, 0.1) is 24.7 Å². The van der Waals surface area contributed by atoms with E-state index >= 15 is 0 Å². The Balaban J connectivity index is 1.60. The monoisotopic (exact) mass is 346 g/mol. The quantitative estimate of drug-likeness (QED) is 0.840. The molecule has 2 aromatic rings. The van der Waals surface area contributed by atoms with Gasteiger partial charge in [0, 0.05) is 61.0 Å². The van der Waals surface area contributed by atoms with Gasteiger partial charge < -0.3 is 14.4 Å². The molecule has 0 spiro atoms. The molecule has 0 unspecified atom stereocenters. The van der Waals surface area contributed by atoms with Crippen molar-refractivity contribution < 1.29 is 14.4 Å². The molecular weight excluding hydrogens is 324 g/mol. The Kier molecular flexibility index (Phi) is 5.69. The van der Waals surface area contributed by atoms with E-state index in [-0.39, 0.29) is 12.7 Å². The minimum Gasteiger partial charge on any atom is -0.384 e. The summed E-state index contributed by atoms with van der Waals surface area (Å²) in [4.78, 5) is 3.69. The zero-order valence-electron chi connectivity index (χ0n) is 14.0. The fourth-order valence-corrected chi connectivity index (χ4v) is 4.04. The molecule has 0 bridgehead atoms. The fourth-order valence-electron chi connectivity index (χ4n) is 3.18. The van der Waals surface area contributed by atoms with Gasteiger partial charge in [-0.3, -0.25) is 4.90 Å². The maximum atomic E-state index is 8.77. The van der Waals surface area contributed by atoms with Crippen LogP contribution in [0.1, 0.15) is 21.9 Å². The van der Waals surface area contributed by atoms with Crippen LogP contribution in [0.5, 0.6) is 0 Å². The first-order valence-electron chi connectivity index (χ1n) is 8.02. The molecule has 128 valence electrons. The van der Waals surface area contributed by atoms with E-state index < -0.39 is 0 Å². The van der Waals surface area contributed by atoms with Crippen molar-refractivity contribution in [2.75, 3.05) is 26.8 Å². The summed E-state index contributed by atoms with van der Waals surface area (Å²) in [6.45, 7) is 4.64. The van der Waals surface area contributed by atoms with Gasteiger partial charge in [-0.15, -0.1) is 11.3 Å². The lowest BCUT2D eigenvalue weighted by Crippen LogP contribution is -2.23. The summed E-state index contributed by atoms with van der Waals surface area (Å²) in [5, 5.41) is 14.8. The molecule has 0 amide bonds. The van der Waals surface area contributed by atoms with Gasteiger partial charge >= 0.3 is 0 Å². The van der Waals surface area contributed by atoms with Crippen molar-refractivity contribution in [3.05, 3.63) is 39.4 Å². The number of aryl methyl sites for hydroxylation is 1. The van der Waals surface area contributed by atoms with Gasteiger partial charge in [0.05, 0.1) is 11.8 Å². The van der Waals surface area contributed by atoms with Crippen LogP contribution in [0.3, 0.4) is 0 Å². The standard InChI is InChI=1S/C18H22N2O3S/c1-13-6-16(23-19-13)8-15-9-20(11-18(15)22-2)10-17-7-14(12-24-17)4-3-5-21/h6-7,12,15,18,21H,5,8-11H2,1-2H3/t15-,18+/m1/s1. The predicted molar refractivity (Wildman–Crippen MR) is 92.8 cm³/mol. The molecule has 1 saturated heterocycles. The van der Waals surface area contributed by atoms with Gasteiger partial charge in [-0.1, -0.05) is 17.0 Å². The summed E-state index contributed by atoms with van der Waals surface area (Å²) >= 11 is 1.71. The number of ether oxygens (including phenoxy) is 1. The Hall–Kier alpha value is -1.65. The average Bonchev–Trinajstić information content (AvgIpc) is 3.27. The number of hydrogen-bond acceptors (Lipinski definition) is 6. The molecule has 3 rings (SSSR count). The molecule has 1 N–H and O–H groups in total. The molecular formula is C18H22N2O3S. The highest BCUT2D eigenvalue weighted by molar-refractivity contribution is 7.10. The first kappa shape index (κ1) is 17.2. The van der Waals surface area contributed by atoms with Crippen molar-refractivity contribution in [3.63, 3.8) is 0 Å². The van der Waals surface area contributed by atoms with Gasteiger partial charge in [-0.2, -0.15) is 0 Å². The Morgan fingerprint density at radius 3 is 3.04 bits per heavy atom. The molecule has 0 aromatic carbocycles. The molecule has 0 saturated carbocycles. The molecule has 1 aliphatic heterocycles. The van der Waals surface area contributed by atoms with Crippen LogP contribution < -0.4 is 0 Å².